The van der Waals surface area contributed by atoms with Crippen LogP contribution in [0.25, 0.3) is 32.6 Å². The fraction of sp³-hybridized carbons (Fsp3) is 0.300. The number of pyridine rings is 1. The summed E-state index contributed by atoms with van der Waals surface area (Å²) in [5.74, 6) is 0.954. The maximum absolute atomic E-state index is 6.03. The molecule has 5 aromatic rings. The van der Waals surface area contributed by atoms with Gasteiger partial charge >= 0.3 is 0 Å². The highest BCUT2D eigenvalue weighted by molar-refractivity contribution is 6.16. The summed E-state index contributed by atoms with van der Waals surface area (Å²) in [5.41, 5.74) is 6.50. The number of aryl methyl sites for hydroxylation is 2. The van der Waals surface area contributed by atoms with Crippen molar-refractivity contribution >= 4 is 32.6 Å². The fourth-order valence-electron chi connectivity index (χ4n) is 5.69. The number of para-hydroxylation sites is 1. The molecule has 0 saturated carbocycles. The number of hydrogen-bond acceptors (Lipinski definition) is 3. The number of likely N-dealkylation sites (tertiary alicyclic amines) is 1. The van der Waals surface area contributed by atoms with Crippen LogP contribution in [0.5, 0.6) is 5.75 Å². The highest BCUT2D eigenvalue weighted by Gasteiger charge is 2.18. The zero-order valence-electron chi connectivity index (χ0n) is 20.1. The lowest BCUT2D eigenvalue weighted by Crippen LogP contribution is -2.25. The van der Waals surface area contributed by atoms with E-state index in [9.17, 15) is 0 Å². The Morgan fingerprint density at radius 3 is 2.47 bits per heavy atom. The summed E-state index contributed by atoms with van der Waals surface area (Å²) >= 11 is 0. The molecule has 0 N–H and O–H groups in total. The van der Waals surface area contributed by atoms with E-state index in [-0.39, 0.29) is 0 Å². The molecule has 0 aliphatic carbocycles. The van der Waals surface area contributed by atoms with Gasteiger partial charge in [-0.05, 0) is 86.1 Å². The van der Waals surface area contributed by atoms with Crippen LogP contribution in [0.15, 0.2) is 67.0 Å². The molecule has 1 aliphatic heterocycles. The Morgan fingerprint density at radius 2 is 1.65 bits per heavy atom. The third-order valence-corrected chi connectivity index (χ3v) is 7.47. The van der Waals surface area contributed by atoms with Crippen molar-refractivity contribution in [2.45, 2.75) is 33.2 Å². The van der Waals surface area contributed by atoms with Gasteiger partial charge in [-0.25, -0.2) is 0 Å². The van der Waals surface area contributed by atoms with Gasteiger partial charge in [-0.1, -0.05) is 30.3 Å². The second-order valence-electron chi connectivity index (χ2n) is 9.54. The van der Waals surface area contributed by atoms with Gasteiger partial charge in [0, 0.05) is 47.2 Å². The maximum Gasteiger partial charge on any atom is 0.119 e. The van der Waals surface area contributed by atoms with Crippen molar-refractivity contribution in [2.75, 3.05) is 26.2 Å². The lowest BCUT2D eigenvalue weighted by atomic mass is 9.97. The lowest BCUT2D eigenvalue weighted by Gasteiger charge is -2.15. The van der Waals surface area contributed by atoms with E-state index >= 15 is 0 Å². The molecule has 1 aliphatic rings. The molecule has 0 atom stereocenters. The van der Waals surface area contributed by atoms with E-state index in [1.165, 1.54) is 75.2 Å². The molecule has 0 amide bonds. The first-order valence-electron chi connectivity index (χ1n) is 12.4. The standard InChI is InChI=1S/C30H31N3O/c1-21-27-19-31-14-13-25(27)22(2)30-29(21)26-7-3-4-8-28(26)33(30)20-23-9-11-24(12-10-23)34-18-17-32-15-5-6-16-32/h3-4,7-14,19H,5-6,15-18,20H2,1-2H3. The monoisotopic (exact) mass is 449 g/mol. The van der Waals surface area contributed by atoms with Crippen molar-refractivity contribution < 1.29 is 4.74 Å². The van der Waals surface area contributed by atoms with Crippen LogP contribution in [-0.2, 0) is 6.54 Å². The van der Waals surface area contributed by atoms with Gasteiger partial charge < -0.3 is 9.30 Å². The van der Waals surface area contributed by atoms with Crippen LogP contribution in [0.1, 0.15) is 29.5 Å². The molecular formula is C30H31N3O. The van der Waals surface area contributed by atoms with E-state index in [0.717, 1.165) is 25.4 Å². The molecule has 0 spiro atoms. The predicted octanol–water partition coefficient (Wildman–Crippen LogP) is 6.48. The van der Waals surface area contributed by atoms with Crippen molar-refractivity contribution in [2.24, 2.45) is 0 Å². The number of aromatic nitrogens is 2. The number of hydrogen-bond donors (Lipinski definition) is 0. The normalized spacial score (nSPS) is 14.5. The van der Waals surface area contributed by atoms with Crippen LogP contribution in [0.3, 0.4) is 0 Å². The quantitative estimate of drug-likeness (QED) is 0.297. The van der Waals surface area contributed by atoms with Gasteiger partial charge in [0.1, 0.15) is 12.4 Å². The van der Waals surface area contributed by atoms with E-state index in [2.05, 4.69) is 82.9 Å². The molecule has 34 heavy (non-hydrogen) atoms. The Kier molecular flexibility index (Phi) is 5.46. The number of fused-ring (bicyclic) bond motifs is 4. The Labute approximate surface area is 200 Å². The van der Waals surface area contributed by atoms with Gasteiger partial charge in [0.25, 0.3) is 0 Å². The van der Waals surface area contributed by atoms with Gasteiger partial charge in [0.2, 0.25) is 0 Å². The number of rotatable bonds is 6. The molecule has 0 bridgehead atoms. The van der Waals surface area contributed by atoms with Gasteiger partial charge in [0.15, 0.2) is 0 Å². The molecule has 6 rings (SSSR count). The number of ether oxygens (including phenoxy) is 1. The first kappa shape index (κ1) is 21.2. The van der Waals surface area contributed by atoms with Crippen molar-refractivity contribution in [1.82, 2.24) is 14.5 Å². The second-order valence-corrected chi connectivity index (χ2v) is 9.54. The lowest BCUT2D eigenvalue weighted by molar-refractivity contribution is 0.238. The van der Waals surface area contributed by atoms with Crippen molar-refractivity contribution in [3.05, 3.63) is 83.7 Å². The molecule has 4 nitrogen and oxygen atoms in total. The highest BCUT2D eigenvalue weighted by atomic mass is 16.5. The van der Waals surface area contributed by atoms with E-state index in [0.29, 0.717) is 0 Å². The summed E-state index contributed by atoms with van der Waals surface area (Å²) < 4.78 is 8.51. The third kappa shape index (κ3) is 3.63. The zero-order valence-corrected chi connectivity index (χ0v) is 20.1. The van der Waals surface area contributed by atoms with Crippen LogP contribution in [0.2, 0.25) is 0 Å². The Morgan fingerprint density at radius 1 is 0.853 bits per heavy atom. The molecule has 4 heteroatoms. The second kappa shape index (κ2) is 8.77. The average molecular weight is 450 g/mol. The zero-order chi connectivity index (χ0) is 23.1. The van der Waals surface area contributed by atoms with Crippen LogP contribution in [0.4, 0.5) is 0 Å². The Balaban J connectivity index is 1.35. The first-order valence-corrected chi connectivity index (χ1v) is 12.4. The highest BCUT2D eigenvalue weighted by Crippen LogP contribution is 2.38. The molecule has 3 aromatic carbocycles. The number of benzene rings is 3. The summed E-state index contributed by atoms with van der Waals surface area (Å²) in [6.45, 7) is 9.51. The minimum Gasteiger partial charge on any atom is -0.492 e. The van der Waals surface area contributed by atoms with Gasteiger partial charge in [-0.2, -0.15) is 0 Å². The Bertz CT molecular complexity index is 1480. The van der Waals surface area contributed by atoms with Gasteiger partial charge in [0.05, 0.1) is 5.52 Å². The molecule has 1 fully saturated rings. The third-order valence-electron chi connectivity index (χ3n) is 7.47. The van der Waals surface area contributed by atoms with E-state index in [1.54, 1.807) is 0 Å². The smallest absolute Gasteiger partial charge is 0.119 e. The van der Waals surface area contributed by atoms with E-state index in [4.69, 9.17) is 4.74 Å². The molecule has 172 valence electrons. The van der Waals surface area contributed by atoms with E-state index in [1.807, 2.05) is 12.4 Å². The number of nitrogens with zero attached hydrogens (tertiary/aromatic N) is 3. The summed E-state index contributed by atoms with van der Waals surface area (Å²) in [5, 5.41) is 5.18. The van der Waals surface area contributed by atoms with Crippen molar-refractivity contribution in [3.63, 3.8) is 0 Å². The molecule has 0 unspecified atom stereocenters. The molecule has 2 aromatic heterocycles. The van der Waals surface area contributed by atoms with Crippen LogP contribution >= 0.6 is 0 Å². The van der Waals surface area contributed by atoms with Crippen LogP contribution < -0.4 is 4.74 Å². The molecule has 3 heterocycles. The predicted molar refractivity (Wildman–Crippen MR) is 141 cm³/mol. The summed E-state index contributed by atoms with van der Waals surface area (Å²) in [4.78, 5) is 6.89. The van der Waals surface area contributed by atoms with Crippen molar-refractivity contribution in [3.8, 4) is 5.75 Å². The van der Waals surface area contributed by atoms with Crippen LogP contribution in [-0.4, -0.2) is 40.7 Å². The summed E-state index contributed by atoms with van der Waals surface area (Å²) in [6, 6.07) is 19.6. The average Bonchev–Trinajstić information content (AvgIpc) is 3.50. The SMILES string of the molecule is Cc1c2cnccc2c(C)c2c1c1ccccc1n2Cc1ccc(OCCN2CCCC2)cc1. The largest absolute Gasteiger partial charge is 0.492 e. The maximum atomic E-state index is 6.03. The van der Waals surface area contributed by atoms with Gasteiger partial charge in [-0.3, -0.25) is 9.88 Å². The summed E-state index contributed by atoms with van der Waals surface area (Å²) in [7, 11) is 0. The fourth-order valence-corrected chi connectivity index (χ4v) is 5.69. The molecule has 0 radical (unpaired) electrons. The first-order chi connectivity index (χ1) is 16.7. The molecule has 1 saturated heterocycles. The Hall–Kier alpha value is -3.37. The van der Waals surface area contributed by atoms with Crippen molar-refractivity contribution in [1.29, 1.82) is 0 Å². The molecular weight excluding hydrogens is 418 g/mol. The minimum absolute atomic E-state index is 0.757. The summed E-state index contributed by atoms with van der Waals surface area (Å²) in [6.07, 6.45) is 6.55. The van der Waals surface area contributed by atoms with Gasteiger partial charge in [-0.15, -0.1) is 0 Å². The van der Waals surface area contributed by atoms with Crippen LogP contribution in [0, 0.1) is 13.8 Å². The van der Waals surface area contributed by atoms with E-state index < -0.39 is 0 Å². The minimum atomic E-state index is 0.757. The topological polar surface area (TPSA) is 30.3 Å².